The van der Waals surface area contributed by atoms with Gasteiger partial charge in [0.05, 0.1) is 12.1 Å². The third-order valence-corrected chi connectivity index (χ3v) is 5.84. The maximum absolute atomic E-state index is 12.8. The molecule has 2 aromatic carbocycles. The lowest BCUT2D eigenvalue weighted by Crippen LogP contribution is -2.34. The van der Waals surface area contributed by atoms with Crippen LogP contribution < -0.4 is 0 Å². The number of benzene rings is 2. The SMILES string of the molecule is CN(C)[C@H]1c2ccccc2[C@H](CC(=O)c2ccsc2)O[C@@H]1c1ccccc1. The van der Waals surface area contributed by atoms with Gasteiger partial charge in [0.15, 0.2) is 5.78 Å². The van der Waals surface area contributed by atoms with Gasteiger partial charge in [-0.25, -0.2) is 0 Å². The number of ketones is 1. The van der Waals surface area contributed by atoms with E-state index in [1.54, 1.807) is 11.3 Å². The van der Waals surface area contributed by atoms with Gasteiger partial charge in [0.1, 0.15) is 6.10 Å². The predicted octanol–water partition coefficient (Wildman–Crippen LogP) is 5.44. The molecule has 4 heteroatoms. The molecule has 1 aromatic heterocycles. The van der Waals surface area contributed by atoms with Crippen LogP contribution in [0.4, 0.5) is 0 Å². The molecule has 0 spiro atoms. The van der Waals surface area contributed by atoms with Crippen molar-refractivity contribution in [3.05, 3.63) is 93.7 Å². The van der Waals surface area contributed by atoms with E-state index in [2.05, 4.69) is 49.3 Å². The van der Waals surface area contributed by atoms with Crippen molar-refractivity contribution in [2.75, 3.05) is 14.1 Å². The van der Waals surface area contributed by atoms with Crippen LogP contribution in [0.5, 0.6) is 0 Å². The lowest BCUT2D eigenvalue weighted by atomic mass is 9.85. The molecule has 0 saturated heterocycles. The summed E-state index contributed by atoms with van der Waals surface area (Å²) >= 11 is 1.55. The molecule has 0 unspecified atom stereocenters. The van der Waals surface area contributed by atoms with Crippen molar-refractivity contribution in [2.45, 2.75) is 24.7 Å². The number of hydrogen-bond acceptors (Lipinski definition) is 4. The molecule has 0 N–H and O–H groups in total. The molecule has 2 heterocycles. The van der Waals surface area contributed by atoms with Crippen molar-refractivity contribution in [1.82, 2.24) is 4.90 Å². The summed E-state index contributed by atoms with van der Waals surface area (Å²) < 4.78 is 6.58. The molecule has 1 aliphatic rings. The number of Topliss-reactive ketones (excluding diaryl/α,β-unsaturated/α-hetero) is 1. The summed E-state index contributed by atoms with van der Waals surface area (Å²) in [7, 11) is 4.16. The number of likely N-dealkylation sites (N-methyl/N-ethyl adjacent to an activating group) is 1. The van der Waals surface area contributed by atoms with Crippen LogP contribution >= 0.6 is 11.3 Å². The summed E-state index contributed by atoms with van der Waals surface area (Å²) in [5, 5.41) is 3.85. The molecule has 3 aromatic rings. The highest BCUT2D eigenvalue weighted by atomic mass is 32.1. The minimum atomic E-state index is -0.241. The first-order chi connectivity index (χ1) is 13.1. The van der Waals surface area contributed by atoms with Crippen LogP contribution in [0.1, 0.15) is 51.7 Å². The average Bonchev–Trinajstić information content (AvgIpc) is 3.23. The van der Waals surface area contributed by atoms with E-state index < -0.39 is 0 Å². The first-order valence-corrected chi connectivity index (χ1v) is 10.1. The van der Waals surface area contributed by atoms with Gasteiger partial charge >= 0.3 is 0 Å². The highest BCUT2D eigenvalue weighted by Crippen LogP contribution is 2.47. The molecule has 0 bridgehead atoms. The molecule has 138 valence electrons. The van der Waals surface area contributed by atoms with Crippen LogP contribution in [0.25, 0.3) is 0 Å². The Labute approximate surface area is 164 Å². The summed E-state index contributed by atoms with van der Waals surface area (Å²) in [5.41, 5.74) is 4.27. The van der Waals surface area contributed by atoms with Crippen LogP contribution in [0, 0.1) is 0 Å². The van der Waals surface area contributed by atoms with Crippen LogP contribution in [-0.2, 0) is 4.74 Å². The van der Waals surface area contributed by atoms with Crippen LogP contribution in [0.2, 0.25) is 0 Å². The fourth-order valence-electron chi connectivity index (χ4n) is 3.88. The van der Waals surface area contributed by atoms with Gasteiger partial charge in [-0.2, -0.15) is 11.3 Å². The Morgan fingerprint density at radius 2 is 1.70 bits per heavy atom. The molecule has 27 heavy (non-hydrogen) atoms. The maximum atomic E-state index is 12.8. The van der Waals surface area contributed by atoms with E-state index >= 15 is 0 Å². The minimum absolute atomic E-state index is 0.107. The van der Waals surface area contributed by atoms with Gasteiger partial charge < -0.3 is 4.74 Å². The van der Waals surface area contributed by atoms with Gasteiger partial charge in [-0.3, -0.25) is 9.69 Å². The standard InChI is InChI=1S/C23H23NO2S/c1-24(2)22-19-11-7-6-10-18(19)21(14-20(25)17-12-13-27-15-17)26-23(22)16-8-4-3-5-9-16/h3-13,15,21-23H,14H2,1-2H3/t21-,22-,23+/m0/s1. The van der Waals surface area contributed by atoms with E-state index in [-0.39, 0.29) is 24.0 Å². The van der Waals surface area contributed by atoms with Gasteiger partial charge in [0, 0.05) is 17.4 Å². The Morgan fingerprint density at radius 1 is 1.00 bits per heavy atom. The first kappa shape index (κ1) is 18.1. The van der Waals surface area contributed by atoms with Crippen LogP contribution in [-0.4, -0.2) is 24.8 Å². The third-order valence-electron chi connectivity index (χ3n) is 5.16. The second-order valence-electron chi connectivity index (χ2n) is 7.13. The van der Waals surface area contributed by atoms with Crippen molar-refractivity contribution in [3.8, 4) is 0 Å². The highest BCUT2D eigenvalue weighted by Gasteiger charge is 2.38. The molecule has 4 rings (SSSR count). The smallest absolute Gasteiger partial charge is 0.166 e. The molecule has 0 amide bonds. The number of thiophene rings is 1. The van der Waals surface area contributed by atoms with Crippen molar-refractivity contribution < 1.29 is 9.53 Å². The molecule has 3 atom stereocenters. The number of carbonyl (C=O) groups excluding carboxylic acids is 1. The molecule has 1 aliphatic heterocycles. The Morgan fingerprint density at radius 3 is 2.37 bits per heavy atom. The molecular weight excluding hydrogens is 354 g/mol. The normalized spacial score (nSPS) is 21.8. The second kappa shape index (κ2) is 7.77. The minimum Gasteiger partial charge on any atom is -0.363 e. The van der Waals surface area contributed by atoms with Gasteiger partial charge in [-0.05, 0) is 42.2 Å². The van der Waals surface area contributed by atoms with Gasteiger partial charge in [-0.1, -0.05) is 54.6 Å². The first-order valence-electron chi connectivity index (χ1n) is 9.16. The number of hydrogen-bond donors (Lipinski definition) is 0. The number of rotatable bonds is 5. The summed E-state index contributed by atoms with van der Waals surface area (Å²) in [4.78, 5) is 15.0. The van der Waals surface area contributed by atoms with E-state index in [4.69, 9.17) is 4.74 Å². The quantitative estimate of drug-likeness (QED) is 0.555. The monoisotopic (exact) mass is 377 g/mol. The largest absolute Gasteiger partial charge is 0.363 e. The fourth-order valence-corrected chi connectivity index (χ4v) is 4.54. The van der Waals surface area contributed by atoms with E-state index in [1.165, 1.54) is 5.56 Å². The zero-order chi connectivity index (χ0) is 18.8. The average molecular weight is 378 g/mol. The molecule has 0 fully saturated rings. The van der Waals surface area contributed by atoms with E-state index in [9.17, 15) is 4.79 Å². The summed E-state index contributed by atoms with van der Waals surface area (Å²) in [5.74, 6) is 0.131. The summed E-state index contributed by atoms with van der Waals surface area (Å²) in [6.45, 7) is 0. The van der Waals surface area contributed by atoms with E-state index in [0.717, 1.165) is 16.7 Å². The van der Waals surface area contributed by atoms with Crippen LogP contribution in [0.15, 0.2) is 71.4 Å². The Balaban J connectivity index is 1.73. The lowest BCUT2D eigenvalue weighted by molar-refractivity contribution is -0.0718. The number of nitrogens with zero attached hydrogens (tertiary/aromatic N) is 1. The van der Waals surface area contributed by atoms with Crippen molar-refractivity contribution >= 4 is 17.1 Å². The fraction of sp³-hybridized carbons (Fsp3) is 0.261. The third kappa shape index (κ3) is 3.61. The van der Waals surface area contributed by atoms with Gasteiger partial charge in [-0.15, -0.1) is 0 Å². The zero-order valence-electron chi connectivity index (χ0n) is 15.5. The van der Waals surface area contributed by atoms with E-state index in [0.29, 0.717) is 6.42 Å². The molecule has 0 aliphatic carbocycles. The molecule has 3 nitrogen and oxygen atoms in total. The highest BCUT2D eigenvalue weighted by molar-refractivity contribution is 7.08. The molecule has 0 saturated carbocycles. The van der Waals surface area contributed by atoms with Crippen molar-refractivity contribution in [1.29, 1.82) is 0 Å². The van der Waals surface area contributed by atoms with Gasteiger partial charge in [0.2, 0.25) is 0 Å². The number of carbonyl (C=O) groups is 1. The topological polar surface area (TPSA) is 29.5 Å². The predicted molar refractivity (Wildman–Crippen MR) is 109 cm³/mol. The summed E-state index contributed by atoms with van der Waals surface area (Å²) in [6, 6.07) is 20.7. The lowest BCUT2D eigenvalue weighted by Gasteiger charge is -2.41. The zero-order valence-corrected chi connectivity index (χ0v) is 16.4. The maximum Gasteiger partial charge on any atom is 0.166 e. The molecular formula is C23H23NO2S. The number of ether oxygens (including phenoxy) is 1. The Kier molecular flexibility index (Phi) is 5.21. The Hall–Kier alpha value is -2.27. The second-order valence-corrected chi connectivity index (χ2v) is 7.91. The number of fused-ring (bicyclic) bond motifs is 1. The summed E-state index contributed by atoms with van der Waals surface area (Å²) in [6.07, 6.45) is 0.00316. The van der Waals surface area contributed by atoms with E-state index in [1.807, 2.05) is 41.1 Å². The molecule has 0 radical (unpaired) electrons. The van der Waals surface area contributed by atoms with Gasteiger partial charge in [0.25, 0.3) is 0 Å². The van der Waals surface area contributed by atoms with Crippen molar-refractivity contribution in [3.63, 3.8) is 0 Å². The van der Waals surface area contributed by atoms with Crippen LogP contribution in [0.3, 0.4) is 0 Å². The van der Waals surface area contributed by atoms with Crippen molar-refractivity contribution in [2.24, 2.45) is 0 Å². The Bertz CT molecular complexity index is 905.